The van der Waals surface area contributed by atoms with E-state index in [0.29, 0.717) is 12.2 Å². The summed E-state index contributed by atoms with van der Waals surface area (Å²) >= 11 is 0. The number of aromatic carboxylic acids is 1. The Kier molecular flexibility index (Phi) is 2.98. The van der Waals surface area contributed by atoms with Crippen molar-refractivity contribution in [2.45, 2.75) is 25.8 Å². The van der Waals surface area contributed by atoms with E-state index in [0.717, 1.165) is 36.3 Å². The molecule has 0 amide bonds. The highest BCUT2D eigenvalue weighted by Crippen LogP contribution is 2.27. The lowest BCUT2D eigenvalue weighted by Crippen LogP contribution is -2.12. The lowest BCUT2D eigenvalue weighted by atomic mass is 10.2. The van der Waals surface area contributed by atoms with Crippen LogP contribution in [0.2, 0.25) is 0 Å². The molecule has 1 aromatic heterocycles. The Morgan fingerprint density at radius 2 is 2.42 bits per heavy atom. The Balaban J connectivity index is 2.20. The Morgan fingerprint density at radius 3 is 3.05 bits per heavy atom. The van der Waals surface area contributed by atoms with E-state index in [2.05, 4.69) is 16.5 Å². The number of nitrogens with zero attached hydrogens (tertiary/aromatic N) is 2. The van der Waals surface area contributed by atoms with Gasteiger partial charge in [0.1, 0.15) is 5.82 Å². The van der Waals surface area contributed by atoms with Crippen LogP contribution in [0.1, 0.15) is 35.6 Å². The zero-order valence-electron chi connectivity index (χ0n) is 10.8. The molecule has 5 heteroatoms. The van der Waals surface area contributed by atoms with Gasteiger partial charge in [-0.05, 0) is 24.6 Å². The maximum absolute atomic E-state index is 11.1. The van der Waals surface area contributed by atoms with E-state index in [1.54, 1.807) is 18.2 Å². The number of imidazole rings is 1. The molecule has 0 saturated carbocycles. The lowest BCUT2D eigenvalue weighted by molar-refractivity contribution is 0.0697. The zero-order valence-corrected chi connectivity index (χ0v) is 10.8. The van der Waals surface area contributed by atoms with Crippen molar-refractivity contribution >= 4 is 17.0 Å². The molecule has 0 aliphatic carbocycles. The van der Waals surface area contributed by atoms with E-state index in [-0.39, 0.29) is 6.04 Å². The van der Waals surface area contributed by atoms with E-state index in [9.17, 15) is 4.79 Å². The van der Waals surface area contributed by atoms with Crippen LogP contribution >= 0.6 is 0 Å². The van der Waals surface area contributed by atoms with Gasteiger partial charge in [0.05, 0.1) is 29.2 Å². The SMILES string of the molecule is CCc1nc2ccc(C(=O)O)cc2n1C1CCOC1. The third-order valence-electron chi connectivity index (χ3n) is 3.60. The van der Waals surface area contributed by atoms with Gasteiger partial charge in [0.25, 0.3) is 0 Å². The molecular formula is C14H16N2O3. The third kappa shape index (κ3) is 2.00. The van der Waals surface area contributed by atoms with Crippen LogP contribution in [0.4, 0.5) is 0 Å². The second-order valence-corrected chi connectivity index (χ2v) is 4.78. The third-order valence-corrected chi connectivity index (χ3v) is 3.60. The Labute approximate surface area is 110 Å². The number of aromatic nitrogens is 2. The van der Waals surface area contributed by atoms with Gasteiger partial charge in [-0.3, -0.25) is 0 Å². The number of ether oxygens (including phenoxy) is 1. The fraction of sp³-hybridized carbons (Fsp3) is 0.429. The van der Waals surface area contributed by atoms with Gasteiger partial charge in [0, 0.05) is 13.0 Å². The summed E-state index contributed by atoms with van der Waals surface area (Å²) < 4.78 is 7.59. The van der Waals surface area contributed by atoms with Gasteiger partial charge < -0.3 is 14.4 Å². The van der Waals surface area contributed by atoms with Crippen molar-refractivity contribution in [1.29, 1.82) is 0 Å². The predicted molar refractivity (Wildman–Crippen MR) is 70.5 cm³/mol. The quantitative estimate of drug-likeness (QED) is 0.919. The summed E-state index contributed by atoms with van der Waals surface area (Å²) in [6, 6.07) is 5.36. The van der Waals surface area contributed by atoms with Crippen molar-refractivity contribution in [3.8, 4) is 0 Å². The molecule has 0 radical (unpaired) electrons. The molecule has 1 aromatic carbocycles. The number of carboxylic acid groups (broad SMARTS) is 1. The van der Waals surface area contributed by atoms with Crippen molar-refractivity contribution < 1.29 is 14.6 Å². The van der Waals surface area contributed by atoms with Gasteiger partial charge in [-0.15, -0.1) is 0 Å². The van der Waals surface area contributed by atoms with Crippen molar-refractivity contribution in [2.75, 3.05) is 13.2 Å². The average Bonchev–Trinajstić information content (AvgIpc) is 3.03. The first-order valence-corrected chi connectivity index (χ1v) is 6.52. The highest BCUT2D eigenvalue weighted by molar-refractivity contribution is 5.92. The minimum absolute atomic E-state index is 0.268. The number of benzene rings is 1. The van der Waals surface area contributed by atoms with E-state index in [1.165, 1.54) is 0 Å². The molecule has 1 fully saturated rings. The average molecular weight is 260 g/mol. The van der Waals surface area contributed by atoms with E-state index < -0.39 is 5.97 Å². The summed E-state index contributed by atoms with van der Waals surface area (Å²) in [4.78, 5) is 15.7. The molecule has 1 saturated heterocycles. The summed E-state index contributed by atoms with van der Waals surface area (Å²) in [5.41, 5.74) is 2.05. The molecular weight excluding hydrogens is 244 g/mol. The van der Waals surface area contributed by atoms with Crippen LogP contribution < -0.4 is 0 Å². The standard InChI is InChI=1S/C14H16N2O3/c1-2-13-15-11-4-3-9(14(17)18)7-12(11)16(13)10-5-6-19-8-10/h3-4,7,10H,2,5-6,8H2,1H3,(H,17,18). The Hall–Kier alpha value is -1.88. The van der Waals surface area contributed by atoms with Gasteiger partial charge in [-0.2, -0.15) is 0 Å². The number of aryl methyl sites for hydroxylation is 1. The molecule has 0 spiro atoms. The van der Waals surface area contributed by atoms with Gasteiger partial charge in [0.2, 0.25) is 0 Å². The second-order valence-electron chi connectivity index (χ2n) is 4.78. The summed E-state index contributed by atoms with van der Waals surface area (Å²) in [6.07, 6.45) is 1.78. The first kappa shape index (κ1) is 12.2. The molecule has 0 bridgehead atoms. The minimum Gasteiger partial charge on any atom is -0.478 e. The fourth-order valence-corrected chi connectivity index (χ4v) is 2.66. The molecule has 1 aliphatic rings. The molecule has 1 N–H and O–H groups in total. The summed E-state index contributed by atoms with van der Waals surface area (Å²) in [7, 11) is 0. The molecule has 1 aliphatic heterocycles. The molecule has 3 rings (SSSR count). The van der Waals surface area contributed by atoms with Crippen LogP contribution in [0.25, 0.3) is 11.0 Å². The molecule has 5 nitrogen and oxygen atoms in total. The number of carbonyl (C=O) groups is 1. The van der Waals surface area contributed by atoms with Crippen molar-refractivity contribution in [1.82, 2.24) is 9.55 Å². The fourth-order valence-electron chi connectivity index (χ4n) is 2.66. The van der Waals surface area contributed by atoms with Crippen molar-refractivity contribution in [3.63, 3.8) is 0 Å². The van der Waals surface area contributed by atoms with Crippen LogP contribution in [0.5, 0.6) is 0 Å². The molecule has 1 unspecified atom stereocenters. The summed E-state index contributed by atoms with van der Waals surface area (Å²) in [6.45, 7) is 3.49. The first-order chi connectivity index (χ1) is 9.20. The van der Waals surface area contributed by atoms with Gasteiger partial charge in [0.15, 0.2) is 0 Å². The number of rotatable bonds is 3. The van der Waals surface area contributed by atoms with E-state index in [4.69, 9.17) is 9.84 Å². The Bertz CT molecular complexity index is 627. The number of fused-ring (bicyclic) bond motifs is 1. The second kappa shape index (κ2) is 4.66. The molecule has 2 aromatic rings. The van der Waals surface area contributed by atoms with Crippen LogP contribution in [0.15, 0.2) is 18.2 Å². The zero-order chi connectivity index (χ0) is 13.4. The summed E-state index contributed by atoms with van der Waals surface area (Å²) in [5.74, 6) is 0.0865. The van der Waals surface area contributed by atoms with Crippen LogP contribution in [0.3, 0.4) is 0 Å². The smallest absolute Gasteiger partial charge is 0.335 e. The van der Waals surface area contributed by atoms with Crippen molar-refractivity contribution in [2.24, 2.45) is 0 Å². The van der Waals surface area contributed by atoms with Gasteiger partial charge in [-0.25, -0.2) is 9.78 Å². The Morgan fingerprint density at radius 1 is 1.58 bits per heavy atom. The van der Waals surface area contributed by atoms with E-state index >= 15 is 0 Å². The van der Waals surface area contributed by atoms with Gasteiger partial charge in [-0.1, -0.05) is 6.92 Å². The normalized spacial score (nSPS) is 19.1. The summed E-state index contributed by atoms with van der Waals surface area (Å²) in [5, 5.41) is 9.11. The highest BCUT2D eigenvalue weighted by atomic mass is 16.5. The predicted octanol–water partition coefficient (Wildman–Crippen LogP) is 2.26. The molecule has 100 valence electrons. The largest absolute Gasteiger partial charge is 0.478 e. The molecule has 2 heterocycles. The first-order valence-electron chi connectivity index (χ1n) is 6.52. The minimum atomic E-state index is -0.907. The maximum Gasteiger partial charge on any atom is 0.335 e. The maximum atomic E-state index is 11.1. The van der Waals surface area contributed by atoms with Crippen LogP contribution in [0, 0.1) is 0 Å². The van der Waals surface area contributed by atoms with E-state index in [1.807, 2.05) is 0 Å². The molecule has 1 atom stereocenters. The van der Waals surface area contributed by atoms with Gasteiger partial charge >= 0.3 is 5.97 Å². The van der Waals surface area contributed by atoms with Crippen LogP contribution in [-0.4, -0.2) is 33.8 Å². The molecule has 19 heavy (non-hydrogen) atoms. The number of hydrogen-bond acceptors (Lipinski definition) is 3. The highest BCUT2D eigenvalue weighted by Gasteiger charge is 2.23. The topological polar surface area (TPSA) is 64.3 Å². The number of carboxylic acids is 1. The number of hydrogen-bond donors (Lipinski definition) is 1. The monoisotopic (exact) mass is 260 g/mol. The lowest BCUT2D eigenvalue weighted by Gasteiger charge is -2.14. The van der Waals surface area contributed by atoms with Crippen LogP contribution in [-0.2, 0) is 11.2 Å². The van der Waals surface area contributed by atoms with Crippen molar-refractivity contribution in [3.05, 3.63) is 29.6 Å².